The molecule has 32 heavy (non-hydrogen) atoms. The van der Waals surface area contributed by atoms with E-state index in [1.807, 2.05) is 36.9 Å². The summed E-state index contributed by atoms with van der Waals surface area (Å²) in [4.78, 5) is 29.0. The summed E-state index contributed by atoms with van der Waals surface area (Å²) in [6, 6.07) is 12.3. The van der Waals surface area contributed by atoms with Crippen molar-refractivity contribution in [2.24, 2.45) is 5.41 Å². The molecule has 0 spiro atoms. The van der Waals surface area contributed by atoms with E-state index in [9.17, 15) is 14.7 Å². The normalized spacial score (nSPS) is 15.7. The predicted molar refractivity (Wildman–Crippen MR) is 129 cm³/mol. The van der Waals surface area contributed by atoms with Crippen LogP contribution >= 0.6 is 0 Å². The van der Waals surface area contributed by atoms with Crippen LogP contribution in [0.4, 0.5) is 17.3 Å². The molecule has 3 aromatic rings. The van der Waals surface area contributed by atoms with E-state index in [-0.39, 0.29) is 16.4 Å². The van der Waals surface area contributed by atoms with Crippen LogP contribution in [0.25, 0.3) is 11.0 Å². The Balaban J connectivity index is 1.88. The van der Waals surface area contributed by atoms with E-state index in [2.05, 4.69) is 18.7 Å². The van der Waals surface area contributed by atoms with E-state index >= 15 is 0 Å². The summed E-state index contributed by atoms with van der Waals surface area (Å²) < 4.78 is 6.38. The van der Waals surface area contributed by atoms with Crippen molar-refractivity contribution in [3.8, 4) is 0 Å². The maximum atomic E-state index is 13.1. The van der Waals surface area contributed by atoms with E-state index in [0.717, 1.165) is 31.5 Å². The second kappa shape index (κ2) is 8.34. The molecule has 6 nitrogen and oxygen atoms in total. The lowest BCUT2D eigenvalue weighted by Gasteiger charge is -2.37. The standard InChI is InChI=1S/C26H30N2O4/c1-5-28(20-9-7-6-8-18(20)25(30)31)21-15-17(2)14-19-22(29)16-23(32-24(19)21)27-12-10-26(3,4)11-13-27/h6-9,14-16H,5,10-13H2,1-4H3,(H,30,31). The SMILES string of the molecule is CCN(c1ccccc1C(=O)O)c1cc(C)cc2c(=O)cc(N3CCC(C)(C)CC3)oc12. The summed E-state index contributed by atoms with van der Waals surface area (Å²) >= 11 is 0. The number of aryl methyl sites for hydroxylation is 1. The Bertz CT molecular complexity index is 1220. The number of para-hydroxylation sites is 1. The Hall–Kier alpha value is -3.28. The number of rotatable bonds is 5. The average Bonchev–Trinajstić information content (AvgIpc) is 2.75. The lowest BCUT2D eigenvalue weighted by Crippen LogP contribution is -2.37. The molecule has 1 fully saturated rings. The van der Waals surface area contributed by atoms with Gasteiger partial charge in [0, 0.05) is 25.7 Å². The van der Waals surface area contributed by atoms with E-state index < -0.39 is 5.97 Å². The number of benzene rings is 2. The summed E-state index contributed by atoms with van der Waals surface area (Å²) in [5, 5.41) is 10.2. The molecule has 168 valence electrons. The van der Waals surface area contributed by atoms with Gasteiger partial charge >= 0.3 is 5.97 Å². The summed E-state index contributed by atoms with van der Waals surface area (Å²) in [6.45, 7) is 10.6. The van der Waals surface area contributed by atoms with Crippen LogP contribution in [0.1, 0.15) is 49.5 Å². The molecular weight excluding hydrogens is 404 g/mol. The van der Waals surface area contributed by atoms with Crippen molar-refractivity contribution >= 4 is 34.2 Å². The highest BCUT2D eigenvalue weighted by Gasteiger charge is 2.27. The molecule has 1 aliphatic rings. The van der Waals surface area contributed by atoms with Crippen molar-refractivity contribution in [1.82, 2.24) is 0 Å². The number of carbonyl (C=O) groups is 1. The molecule has 6 heteroatoms. The second-order valence-electron chi connectivity index (χ2n) is 9.33. The molecular formula is C26H30N2O4. The van der Waals surface area contributed by atoms with Gasteiger partial charge in [-0.1, -0.05) is 26.0 Å². The molecule has 2 aromatic carbocycles. The fourth-order valence-electron chi connectivity index (χ4n) is 4.42. The fraction of sp³-hybridized carbons (Fsp3) is 0.385. The Morgan fingerprint density at radius 1 is 1.12 bits per heavy atom. The highest BCUT2D eigenvalue weighted by molar-refractivity contribution is 5.99. The van der Waals surface area contributed by atoms with Crippen LogP contribution in [-0.2, 0) is 0 Å². The Kier molecular flexibility index (Phi) is 5.71. The van der Waals surface area contributed by atoms with E-state index in [1.165, 1.54) is 0 Å². The molecule has 0 atom stereocenters. The summed E-state index contributed by atoms with van der Waals surface area (Å²) in [5.41, 5.74) is 3.09. The maximum absolute atomic E-state index is 13.1. The van der Waals surface area contributed by atoms with Gasteiger partial charge in [-0.05, 0) is 61.9 Å². The first-order valence-corrected chi connectivity index (χ1v) is 11.1. The third kappa shape index (κ3) is 4.09. The highest BCUT2D eigenvalue weighted by Crippen LogP contribution is 2.37. The van der Waals surface area contributed by atoms with Gasteiger partial charge in [0.05, 0.1) is 22.3 Å². The Morgan fingerprint density at radius 3 is 2.47 bits per heavy atom. The number of fused-ring (bicyclic) bond motifs is 1. The van der Waals surface area contributed by atoms with E-state index in [0.29, 0.717) is 34.8 Å². The van der Waals surface area contributed by atoms with Crippen molar-refractivity contribution in [3.63, 3.8) is 0 Å². The van der Waals surface area contributed by atoms with Crippen molar-refractivity contribution in [2.45, 2.75) is 40.5 Å². The minimum absolute atomic E-state index is 0.0846. The number of nitrogens with zero attached hydrogens (tertiary/aromatic N) is 2. The maximum Gasteiger partial charge on any atom is 0.337 e. The minimum Gasteiger partial charge on any atom is -0.478 e. The smallest absolute Gasteiger partial charge is 0.337 e. The summed E-state index contributed by atoms with van der Waals surface area (Å²) in [6.07, 6.45) is 2.06. The van der Waals surface area contributed by atoms with Crippen LogP contribution < -0.4 is 15.2 Å². The molecule has 1 saturated heterocycles. The predicted octanol–water partition coefficient (Wildman–Crippen LogP) is 5.58. The molecule has 0 radical (unpaired) electrons. The Labute approximate surface area is 188 Å². The lowest BCUT2D eigenvalue weighted by atomic mass is 9.83. The molecule has 0 saturated carbocycles. The number of aromatic carboxylic acids is 1. The monoisotopic (exact) mass is 434 g/mol. The van der Waals surface area contributed by atoms with Crippen molar-refractivity contribution in [1.29, 1.82) is 0 Å². The molecule has 1 aromatic heterocycles. The van der Waals surface area contributed by atoms with Crippen molar-refractivity contribution < 1.29 is 14.3 Å². The molecule has 1 aliphatic heterocycles. The van der Waals surface area contributed by atoms with Crippen molar-refractivity contribution in [2.75, 3.05) is 29.4 Å². The molecule has 1 N–H and O–H groups in total. The largest absolute Gasteiger partial charge is 0.478 e. The number of hydrogen-bond donors (Lipinski definition) is 1. The molecule has 0 bridgehead atoms. The summed E-state index contributed by atoms with van der Waals surface area (Å²) in [5.74, 6) is -0.417. The number of anilines is 3. The van der Waals surface area contributed by atoms with Crippen LogP contribution in [-0.4, -0.2) is 30.7 Å². The average molecular weight is 435 g/mol. The van der Waals surface area contributed by atoms with E-state index in [1.54, 1.807) is 24.3 Å². The number of carboxylic acids is 1. The summed E-state index contributed by atoms with van der Waals surface area (Å²) in [7, 11) is 0. The molecule has 4 rings (SSSR count). The van der Waals surface area contributed by atoms with Gasteiger partial charge in [-0.15, -0.1) is 0 Å². The molecule has 2 heterocycles. The van der Waals surface area contributed by atoms with Gasteiger partial charge in [-0.3, -0.25) is 4.79 Å². The first-order valence-electron chi connectivity index (χ1n) is 11.1. The third-order valence-electron chi connectivity index (χ3n) is 6.40. The Morgan fingerprint density at radius 2 is 1.81 bits per heavy atom. The first-order chi connectivity index (χ1) is 15.2. The fourth-order valence-corrected chi connectivity index (χ4v) is 4.42. The number of piperidine rings is 1. The van der Waals surface area contributed by atoms with E-state index in [4.69, 9.17) is 4.42 Å². The van der Waals surface area contributed by atoms with Crippen molar-refractivity contribution in [3.05, 3.63) is 63.8 Å². The zero-order chi connectivity index (χ0) is 23.0. The highest BCUT2D eigenvalue weighted by atomic mass is 16.4. The molecule has 0 unspecified atom stereocenters. The zero-order valence-electron chi connectivity index (χ0n) is 19.1. The number of carboxylic acid groups (broad SMARTS) is 1. The van der Waals surface area contributed by atoms with Gasteiger partial charge in [0.1, 0.15) is 0 Å². The van der Waals surface area contributed by atoms with Gasteiger partial charge in [-0.2, -0.15) is 0 Å². The first kappa shape index (κ1) is 21.9. The number of hydrogen-bond acceptors (Lipinski definition) is 5. The van der Waals surface area contributed by atoms with Gasteiger partial charge < -0.3 is 19.3 Å². The lowest BCUT2D eigenvalue weighted by molar-refractivity contribution is 0.0697. The van der Waals surface area contributed by atoms with Crippen LogP contribution in [0, 0.1) is 12.3 Å². The quantitative estimate of drug-likeness (QED) is 0.565. The van der Waals surface area contributed by atoms with Gasteiger partial charge in [0.25, 0.3) is 0 Å². The molecule has 0 aliphatic carbocycles. The van der Waals surface area contributed by atoms with Crippen LogP contribution in [0.3, 0.4) is 0 Å². The zero-order valence-corrected chi connectivity index (χ0v) is 19.1. The van der Waals surface area contributed by atoms with Crippen LogP contribution in [0.15, 0.2) is 51.7 Å². The molecule has 0 amide bonds. The van der Waals surface area contributed by atoms with Gasteiger partial charge in [0.2, 0.25) is 0 Å². The van der Waals surface area contributed by atoms with Crippen LogP contribution in [0.5, 0.6) is 0 Å². The van der Waals surface area contributed by atoms with Gasteiger partial charge in [-0.25, -0.2) is 4.79 Å². The second-order valence-corrected chi connectivity index (χ2v) is 9.33. The van der Waals surface area contributed by atoms with Gasteiger partial charge in [0.15, 0.2) is 16.9 Å². The van der Waals surface area contributed by atoms with Crippen LogP contribution in [0.2, 0.25) is 0 Å². The minimum atomic E-state index is -0.992. The topological polar surface area (TPSA) is 74.0 Å². The third-order valence-corrected chi connectivity index (χ3v) is 6.40.